The van der Waals surface area contributed by atoms with Crippen molar-refractivity contribution in [3.8, 4) is 0 Å². The Balaban J connectivity index is 1.95. The molecule has 1 aromatic carbocycles. The fraction of sp³-hybridized carbons (Fsp3) is 0.273. The summed E-state index contributed by atoms with van der Waals surface area (Å²) in [6, 6.07) is 10.5. The van der Waals surface area contributed by atoms with E-state index in [1.54, 1.807) is 6.26 Å². The lowest BCUT2D eigenvalue weighted by atomic mass is 10.1. The molecule has 12 heavy (non-hydrogen) atoms. The predicted octanol–water partition coefficient (Wildman–Crippen LogP) is 2.53. The Morgan fingerprint density at radius 2 is 2.08 bits per heavy atom. The Morgan fingerprint density at radius 1 is 1.25 bits per heavy atom. The second-order valence-electron chi connectivity index (χ2n) is 3.06. The molecule has 1 heteroatoms. The van der Waals surface area contributed by atoms with Crippen molar-refractivity contribution in [2.75, 3.05) is 0 Å². The van der Waals surface area contributed by atoms with E-state index < -0.39 is 0 Å². The van der Waals surface area contributed by atoms with Gasteiger partial charge >= 0.3 is 0 Å². The van der Waals surface area contributed by atoms with Crippen molar-refractivity contribution in [2.45, 2.75) is 18.9 Å². The van der Waals surface area contributed by atoms with Gasteiger partial charge < -0.3 is 4.74 Å². The van der Waals surface area contributed by atoms with Gasteiger partial charge in [0.1, 0.15) is 6.10 Å². The van der Waals surface area contributed by atoms with E-state index in [1.165, 1.54) is 5.56 Å². The lowest BCUT2D eigenvalue weighted by Gasteiger charge is -2.09. The molecule has 0 fully saturated rings. The van der Waals surface area contributed by atoms with Crippen LogP contribution in [0.1, 0.15) is 12.0 Å². The van der Waals surface area contributed by atoms with Gasteiger partial charge in [0.15, 0.2) is 0 Å². The van der Waals surface area contributed by atoms with E-state index >= 15 is 0 Å². The van der Waals surface area contributed by atoms with E-state index in [2.05, 4.69) is 30.3 Å². The highest BCUT2D eigenvalue weighted by molar-refractivity contribution is 5.16. The molecule has 1 nitrogen and oxygen atoms in total. The fourth-order valence-corrected chi connectivity index (χ4v) is 1.44. The van der Waals surface area contributed by atoms with Gasteiger partial charge in [0, 0.05) is 12.8 Å². The molecule has 62 valence electrons. The van der Waals surface area contributed by atoms with Gasteiger partial charge in [0.25, 0.3) is 0 Å². The van der Waals surface area contributed by atoms with Gasteiger partial charge in [-0.05, 0) is 11.6 Å². The normalized spacial score (nSPS) is 20.8. The zero-order chi connectivity index (χ0) is 8.23. The quantitative estimate of drug-likeness (QED) is 0.646. The molecule has 0 radical (unpaired) electrons. The van der Waals surface area contributed by atoms with Crippen molar-refractivity contribution in [1.29, 1.82) is 0 Å². The molecule has 0 N–H and O–H groups in total. The Labute approximate surface area is 72.7 Å². The first-order valence-electron chi connectivity index (χ1n) is 4.29. The number of benzene rings is 1. The zero-order valence-corrected chi connectivity index (χ0v) is 6.94. The van der Waals surface area contributed by atoms with Crippen LogP contribution in [0.25, 0.3) is 0 Å². The minimum Gasteiger partial charge on any atom is -0.498 e. The molecule has 1 aromatic rings. The maximum Gasteiger partial charge on any atom is 0.105 e. The lowest BCUT2D eigenvalue weighted by molar-refractivity contribution is 0.171. The second-order valence-corrected chi connectivity index (χ2v) is 3.06. The average Bonchev–Trinajstić information content (AvgIpc) is 2.59. The molecular weight excluding hydrogens is 148 g/mol. The highest BCUT2D eigenvalue weighted by atomic mass is 16.5. The van der Waals surface area contributed by atoms with Crippen LogP contribution in [0.15, 0.2) is 42.7 Å². The minimum absolute atomic E-state index is 0.368. The van der Waals surface area contributed by atoms with Crippen molar-refractivity contribution in [3.63, 3.8) is 0 Å². The first-order valence-corrected chi connectivity index (χ1v) is 4.29. The van der Waals surface area contributed by atoms with E-state index in [4.69, 9.17) is 4.74 Å². The number of rotatable bonds is 2. The molecule has 1 unspecified atom stereocenters. The minimum atomic E-state index is 0.368. The van der Waals surface area contributed by atoms with Gasteiger partial charge in [-0.1, -0.05) is 30.3 Å². The second kappa shape index (κ2) is 3.44. The maximum atomic E-state index is 5.38. The summed E-state index contributed by atoms with van der Waals surface area (Å²) in [6.07, 6.45) is 6.32. The number of ether oxygens (including phenoxy) is 1. The van der Waals surface area contributed by atoms with E-state index in [9.17, 15) is 0 Å². The summed E-state index contributed by atoms with van der Waals surface area (Å²) in [5, 5.41) is 0. The average molecular weight is 160 g/mol. The molecular formula is C11H12O. The molecule has 0 saturated heterocycles. The Kier molecular flexibility index (Phi) is 2.12. The van der Waals surface area contributed by atoms with Gasteiger partial charge in [-0.2, -0.15) is 0 Å². The van der Waals surface area contributed by atoms with Crippen LogP contribution in [-0.4, -0.2) is 6.10 Å². The predicted molar refractivity (Wildman–Crippen MR) is 48.8 cm³/mol. The van der Waals surface area contributed by atoms with Gasteiger partial charge in [0.05, 0.1) is 6.26 Å². The van der Waals surface area contributed by atoms with Crippen molar-refractivity contribution in [2.24, 2.45) is 0 Å². The molecule has 1 atom stereocenters. The molecule has 1 aliphatic heterocycles. The molecule has 0 aromatic heterocycles. The SMILES string of the molecule is C1=COC(Cc2ccccc2)C1. The van der Waals surface area contributed by atoms with Gasteiger partial charge in [-0.25, -0.2) is 0 Å². The molecule has 1 heterocycles. The van der Waals surface area contributed by atoms with E-state index in [0.717, 1.165) is 12.8 Å². The summed E-state index contributed by atoms with van der Waals surface area (Å²) < 4.78 is 5.38. The fourth-order valence-electron chi connectivity index (χ4n) is 1.44. The molecule has 0 bridgehead atoms. The Bertz CT molecular complexity index is 256. The van der Waals surface area contributed by atoms with E-state index in [1.807, 2.05) is 6.07 Å². The Hall–Kier alpha value is -1.24. The van der Waals surface area contributed by atoms with Crippen molar-refractivity contribution >= 4 is 0 Å². The highest BCUT2D eigenvalue weighted by Gasteiger charge is 2.10. The molecule has 1 aliphatic rings. The summed E-state index contributed by atoms with van der Waals surface area (Å²) in [4.78, 5) is 0. The monoisotopic (exact) mass is 160 g/mol. The zero-order valence-electron chi connectivity index (χ0n) is 6.94. The van der Waals surface area contributed by atoms with Crippen molar-refractivity contribution < 1.29 is 4.74 Å². The van der Waals surface area contributed by atoms with E-state index in [0.29, 0.717) is 6.10 Å². The van der Waals surface area contributed by atoms with Gasteiger partial charge in [0.2, 0.25) is 0 Å². The van der Waals surface area contributed by atoms with Crippen LogP contribution in [0.4, 0.5) is 0 Å². The van der Waals surface area contributed by atoms with E-state index in [-0.39, 0.29) is 0 Å². The van der Waals surface area contributed by atoms with Gasteiger partial charge in [-0.3, -0.25) is 0 Å². The van der Waals surface area contributed by atoms with Crippen LogP contribution in [0, 0.1) is 0 Å². The Morgan fingerprint density at radius 3 is 2.75 bits per heavy atom. The van der Waals surface area contributed by atoms with Crippen LogP contribution in [0.2, 0.25) is 0 Å². The molecule has 0 aliphatic carbocycles. The van der Waals surface area contributed by atoms with Gasteiger partial charge in [-0.15, -0.1) is 0 Å². The molecule has 0 amide bonds. The molecule has 0 spiro atoms. The lowest BCUT2D eigenvalue weighted by Crippen LogP contribution is -2.08. The van der Waals surface area contributed by atoms with Crippen LogP contribution in [0.3, 0.4) is 0 Å². The summed E-state index contributed by atoms with van der Waals surface area (Å²) in [5.74, 6) is 0. The molecule has 0 saturated carbocycles. The standard InChI is InChI=1S/C11H12O/c1-2-5-10(6-3-1)9-11-7-4-8-12-11/h1-6,8,11H,7,9H2. The van der Waals surface area contributed by atoms with Crippen LogP contribution < -0.4 is 0 Å². The summed E-state index contributed by atoms with van der Waals surface area (Å²) in [6.45, 7) is 0. The summed E-state index contributed by atoms with van der Waals surface area (Å²) >= 11 is 0. The topological polar surface area (TPSA) is 9.23 Å². The largest absolute Gasteiger partial charge is 0.498 e. The third kappa shape index (κ3) is 1.67. The summed E-state index contributed by atoms with van der Waals surface area (Å²) in [5.41, 5.74) is 1.35. The number of hydrogen-bond donors (Lipinski definition) is 0. The number of hydrogen-bond acceptors (Lipinski definition) is 1. The first kappa shape index (κ1) is 7.41. The van der Waals surface area contributed by atoms with Crippen molar-refractivity contribution in [1.82, 2.24) is 0 Å². The maximum absolute atomic E-state index is 5.38. The highest BCUT2D eigenvalue weighted by Crippen LogP contribution is 2.14. The van der Waals surface area contributed by atoms with Crippen LogP contribution in [0.5, 0.6) is 0 Å². The third-order valence-electron chi connectivity index (χ3n) is 2.07. The summed E-state index contributed by atoms with van der Waals surface area (Å²) in [7, 11) is 0. The van der Waals surface area contributed by atoms with Crippen molar-refractivity contribution in [3.05, 3.63) is 48.2 Å². The third-order valence-corrected chi connectivity index (χ3v) is 2.07. The smallest absolute Gasteiger partial charge is 0.105 e. The first-order chi connectivity index (χ1) is 5.95. The van der Waals surface area contributed by atoms with Crippen LogP contribution >= 0.6 is 0 Å². The molecule has 2 rings (SSSR count). The van der Waals surface area contributed by atoms with Crippen LogP contribution in [-0.2, 0) is 11.2 Å².